The van der Waals surface area contributed by atoms with E-state index >= 15 is 0 Å². The van der Waals surface area contributed by atoms with Gasteiger partial charge in [-0.15, -0.1) is 0 Å². The van der Waals surface area contributed by atoms with Crippen LogP contribution >= 0.6 is 0 Å². The fraction of sp³-hybridized carbons (Fsp3) is 0.659. The fourth-order valence-corrected chi connectivity index (χ4v) is 10.9. The lowest BCUT2D eigenvalue weighted by molar-refractivity contribution is -0.191. The quantitative estimate of drug-likeness (QED) is 0.185. The highest BCUT2D eigenvalue weighted by atomic mass is 16.4. The monoisotopic (exact) mass is 678 g/mol. The molecule has 8 nitrogen and oxygen atoms in total. The van der Waals surface area contributed by atoms with Crippen LogP contribution in [0.4, 0.5) is 0 Å². The smallest absolute Gasteiger partial charge is 0.322 e. The first kappa shape index (κ1) is 39.0. The molecule has 0 aromatic heterocycles. The van der Waals surface area contributed by atoms with Crippen LogP contribution in [0.3, 0.4) is 0 Å². The second-order valence-corrected chi connectivity index (χ2v) is 17.8. The van der Waals surface area contributed by atoms with Crippen molar-refractivity contribution in [3.63, 3.8) is 0 Å². The number of carboxylic acid groups (broad SMARTS) is 2. The molecule has 0 radical (unpaired) electrons. The van der Waals surface area contributed by atoms with Crippen molar-refractivity contribution < 1.29 is 30.0 Å². The molecule has 2 saturated heterocycles. The van der Waals surface area contributed by atoms with E-state index in [1.807, 2.05) is 60.7 Å². The average Bonchev–Trinajstić information content (AvgIpc) is 2.96. The Morgan fingerprint density at radius 3 is 1.29 bits per heavy atom. The van der Waals surface area contributed by atoms with Gasteiger partial charge in [-0.25, -0.2) is 0 Å². The lowest BCUT2D eigenvalue weighted by Gasteiger charge is -2.66. The minimum absolute atomic E-state index is 0.170. The SMILES string of the molecule is CC(O)CN1C(C)(C)CC(C(c2ccccc2)(C2CC(C)(C)N(CC(C)O)C(C)(C)C2)C(Cc2ccccc2)(C(=O)O)C(=O)O)CC1(C)C. The number of rotatable bonds is 12. The molecule has 0 bridgehead atoms. The summed E-state index contributed by atoms with van der Waals surface area (Å²) in [4.78, 5) is 33.4. The van der Waals surface area contributed by atoms with Crippen LogP contribution in [0.15, 0.2) is 60.7 Å². The summed E-state index contributed by atoms with van der Waals surface area (Å²) in [6.45, 7) is 21.7. The number of β-amino-alcohol motifs (C(OH)–C–C–N with tert-alkyl or cyclic N) is 2. The van der Waals surface area contributed by atoms with Gasteiger partial charge in [-0.1, -0.05) is 60.7 Å². The molecule has 0 amide bonds. The average molecular weight is 679 g/mol. The van der Waals surface area contributed by atoms with E-state index in [9.17, 15) is 30.0 Å². The van der Waals surface area contributed by atoms with Gasteiger partial charge in [-0.2, -0.15) is 0 Å². The Labute approximate surface area is 294 Å². The summed E-state index contributed by atoms with van der Waals surface area (Å²) in [6, 6.07) is 18.9. The van der Waals surface area contributed by atoms with Crippen molar-refractivity contribution in [3.8, 4) is 0 Å². The minimum atomic E-state index is -2.23. The summed E-state index contributed by atoms with van der Waals surface area (Å²) in [5, 5.41) is 44.6. The topological polar surface area (TPSA) is 122 Å². The molecular formula is C41H62N2O6. The first-order valence-electron chi connectivity index (χ1n) is 18.0. The predicted octanol–water partition coefficient (Wildman–Crippen LogP) is 6.62. The van der Waals surface area contributed by atoms with Crippen molar-refractivity contribution in [1.82, 2.24) is 9.80 Å². The van der Waals surface area contributed by atoms with Crippen molar-refractivity contribution in [2.45, 2.75) is 141 Å². The molecule has 0 spiro atoms. The molecular weight excluding hydrogens is 616 g/mol. The molecule has 4 N–H and O–H groups in total. The van der Waals surface area contributed by atoms with Crippen molar-refractivity contribution in [1.29, 1.82) is 0 Å². The molecule has 2 atom stereocenters. The third-order valence-electron chi connectivity index (χ3n) is 12.1. The second kappa shape index (κ2) is 13.7. The molecule has 2 aliphatic heterocycles. The molecule has 2 aliphatic rings. The zero-order valence-corrected chi connectivity index (χ0v) is 31.5. The van der Waals surface area contributed by atoms with Gasteiger partial charge in [0.15, 0.2) is 5.41 Å². The van der Waals surface area contributed by atoms with E-state index in [-0.39, 0.29) is 18.3 Å². The van der Waals surface area contributed by atoms with Crippen molar-refractivity contribution >= 4 is 11.9 Å². The first-order chi connectivity index (χ1) is 22.5. The molecule has 0 aliphatic carbocycles. The highest BCUT2D eigenvalue weighted by Gasteiger charge is 2.71. The fourth-order valence-electron chi connectivity index (χ4n) is 10.9. The molecule has 2 unspecified atom stereocenters. The maximum Gasteiger partial charge on any atom is 0.322 e. The number of piperidine rings is 2. The predicted molar refractivity (Wildman–Crippen MR) is 195 cm³/mol. The van der Waals surface area contributed by atoms with Gasteiger partial charge in [0.05, 0.1) is 12.2 Å². The number of aliphatic hydroxyl groups excluding tert-OH is 2. The van der Waals surface area contributed by atoms with Crippen LogP contribution < -0.4 is 0 Å². The standard InChI is InChI=1S/C41H62N2O6/c1-28(44)26-42-36(3,4)22-32(23-37(42,5)6)41(31-19-15-12-16-20-31,33-24-38(7,8)43(27-29(2)45)39(9,10)25-33)40(34(46)47,35(48)49)21-30-17-13-11-14-18-30/h11-20,28-29,32-33,44-45H,21-27H2,1-10H3,(H,46,47)(H,48,49). The van der Waals surface area contributed by atoms with Gasteiger partial charge >= 0.3 is 11.9 Å². The third kappa shape index (κ3) is 7.08. The van der Waals surface area contributed by atoms with E-state index in [2.05, 4.69) is 65.2 Å². The lowest BCUT2D eigenvalue weighted by Crippen LogP contribution is -2.73. The Morgan fingerprint density at radius 1 is 0.653 bits per heavy atom. The lowest BCUT2D eigenvalue weighted by atomic mass is 9.42. The van der Waals surface area contributed by atoms with E-state index in [1.165, 1.54) is 0 Å². The summed E-state index contributed by atoms with van der Waals surface area (Å²) in [5.41, 5.74) is -4.14. The van der Waals surface area contributed by atoms with E-state index in [0.29, 0.717) is 44.3 Å². The largest absolute Gasteiger partial charge is 0.480 e. The van der Waals surface area contributed by atoms with Gasteiger partial charge < -0.3 is 20.4 Å². The number of hydrogen-bond donors (Lipinski definition) is 4. The maximum absolute atomic E-state index is 14.4. The summed E-state index contributed by atoms with van der Waals surface area (Å²) in [5.74, 6) is -3.37. The van der Waals surface area contributed by atoms with Crippen LogP contribution in [0.5, 0.6) is 0 Å². The van der Waals surface area contributed by atoms with Gasteiger partial charge in [-0.3, -0.25) is 19.4 Å². The van der Waals surface area contributed by atoms with Crippen molar-refractivity contribution in [2.75, 3.05) is 13.1 Å². The van der Waals surface area contributed by atoms with Gasteiger partial charge in [0, 0.05) is 47.1 Å². The Hall–Kier alpha value is -2.78. The molecule has 272 valence electrons. The number of aliphatic carboxylic acids is 2. The van der Waals surface area contributed by atoms with Crippen LogP contribution in [-0.4, -0.2) is 89.6 Å². The summed E-state index contributed by atoms with van der Waals surface area (Å²) >= 11 is 0. The van der Waals surface area contributed by atoms with Crippen molar-refractivity contribution in [3.05, 3.63) is 71.8 Å². The molecule has 2 aromatic carbocycles. The zero-order valence-electron chi connectivity index (χ0n) is 31.5. The second-order valence-electron chi connectivity index (χ2n) is 17.8. The molecule has 4 rings (SSSR count). The Balaban J connectivity index is 2.16. The highest BCUT2D eigenvalue weighted by Crippen LogP contribution is 2.64. The van der Waals surface area contributed by atoms with Crippen molar-refractivity contribution in [2.24, 2.45) is 17.3 Å². The molecule has 2 heterocycles. The number of aliphatic hydroxyl groups is 2. The number of carbonyl (C=O) groups is 2. The zero-order chi connectivity index (χ0) is 36.8. The number of carboxylic acids is 2. The molecule has 49 heavy (non-hydrogen) atoms. The van der Waals surface area contributed by atoms with Gasteiger partial charge in [-0.05, 0) is 118 Å². The Bertz CT molecular complexity index is 1350. The van der Waals surface area contributed by atoms with Crippen LogP contribution in [0, 0.1) is 17.3 Å². The van der Waals surface area contributed by atoms with Crippen LogP contribution in [0.25, 0.3) is 0 Å². The van der Waals surface area contributed by atoms with Gasteiger partial charge in [0.2, 0.25) is 0 Å². The van der Waals surface area contributed by atoms with Crippen LogP contribution in [0.2, 0.25) is 0 Å². The first-order valence-corrected chi connectivity index (χ1v) is 18.0. The maximum atomic E-state index is 14.4. The number of nitrogens with zero attached hydrogens (tertiary/aromatic N) is 2. The Kier molecular flexibility index (Phi) is 10.9. The van der Waals surface area contributed by atoms with E-state index in [1.54, 1.807) is 13.8 Å². The normalized spacial score (nSPS) is 24.1. The minimum Gasteiger partial charge on any atom is -0.480 e. The molecule has 2 aromatic rings. The molecule has 0 saturated carbocycles. The highest BCUT2D eigenvalue weighted by molar-refractivity contribution is 6.01. The van der Waals surface area contributed by atoms with E-state index in [4.69, 9.17) is 0 Å². The third-order valence-corrected chi connectivity index (χ3v) is 12.1. The van der Waals surface area contributed by atoms with Crippen LogP contribution in [0.1, 0.15) is 106 Å². The van der Waals surface area contributed by atoms with E-state index < -0.39 is 57.1 Å². The summed E-state index contributed by atoms with van der Waals surface area (Å²) in [7, 11) is 0. The van der Waals surface area contributed by atoms with Crippen LogP contribution in [-0.2, 0) is 21.4 Å². The Morgan fingerprint density at radius 2 is 0.980 bits per heavy atom. The number of likely N-dealkylation sites (tertiary alicyclic amines) is 2. The van der Waals surface area contributed by atoms with Gasteiger partial charge in [0.25, 0.3) is 0 Å². The van der Waals surface area contributed by atoms with E-state index in [0.717, 1.165) is 5.56 Å². The number of benzene rings is 2. The molecule has 8 heteroatoms. The summed E-state index contributed by atoms with van der Waals surface area (Å²) in [6.07, 6.45) is 0.881. The number of hydrogen-bond acceptors (Lipinski definition) is 6. The van der Waals surface area contributed by atoms with Gasteiger partial charge in [0.1, 0.15) is 0 Å². The summed E-state index contributed by atoms with van der Waals surface area (Å²) < 4.78 is 0. The molecule has 2 fully saturated rings.